The molecule has 25 heavy (non-hydrogen) atoms. The van der Waals surface area contributed by atoms with E-state index in [1.165, 1.54) is 22.2 Å². The van der Waals surface area contributed by atoms with Crippen LogP contribution in [0.5, 0.6) is 11.5 Å². The van der Waals surface area contributed by atoms with Crippen LogP contribution in [0.1, 0.15) is 18.4 Å². The molecule has 4 heteroatoms. The molecule has 1 aromatic heterocycles. The van der Waals surface area contributed by atoms with Gasteiger partial charge in [0.25, 0.3) is 0 Å². The van der Waals surface area contributed by atoms with Crippen molar-refractivity contribution in [3.8, 4) is 28.8 Å². The summed E-state index contributed by atoms with van der Waals surface area (Å²) in [5.41, 5.74) is 4.79. The predicted octanol–water partition coefficient (Wildman–Crippen LogP) is 4.69. The van der Waals surface area contributed by atoms with Crippen molar-refractivity contribution in [1.29, 1.82) is 5.26 Å². The van der Waals surface area contributed by atoms with E-state index in [4.69, 9.17) is 14.7 Å². The molecule has 0 amide bonds. The maximum Gasteiger partial charge on any atom is 0.144 e. The molecule has 2 heterocycles. The molecule has 4 rings (SSSR count). The van der Waals surface area contributed by atoms with Crippen molar-refractivity contribution in [2.24, 2.45) is 0 Å². The Morgan fingerprint density at radius 1 is 1.24 bits per heavy atom. The zero-order chi connectivity index (χ0) is 17.4. The number of para-hydroxylation sites is 1. The first-order valence-electron chi connectivity index (χ1n) is 8.52. The van der Waals surface area contributed by atoms with Crippen LogP contribution in [0.15, 0.2) is 42.5 Å². The van der Waals surface area contributed by atoms with Crippen LogP contribution in [0.4, 0.5) is 0 Å². The van der Waals surface area contributed by atoms with Crippen LogP contribution in [0.25, 0.3) is 22.2 Å². The monoisotopic (exact) mass is 332 g/mol. The van der Waals surface area contributed by atoms with E-state index in [0.717, 1.165) is 30.0 Å². The van der Waals surface area contributed by atoms with Crippen LogP contribution in [0, 0.1) is 18.3 Å². The second-order valence-electron chi connectivity index (χ2n) is 6.40. The summed E-state index contributed by atoms with van der Waals surface area (Å²) in [6.45, 7) is 2.93. The van der Waals surface area contributed by atoms with Crippen molar-refractivity contribution >= 4 is 10.9 Å². The minimum absolute atomic E-state index is 0.0292. The molecule has 0 saturated heterocycles. The van der Waals surface area contributed by atoms with E-state index in [9.17, 15) is 0 Å². The van der Waals surface area contributed by atoms with Gasteiger partial charge in [-0.1, -0.05) is 12.1 Å². The van der Waals surface area contributed by atoms with Gasteiger partial charge in [-0.15, -0.1) is 0 Å². The number of hydrogen-bond acceptors (Lipinski definition) is 3. The number of benzene rings is 2. The lowest BCUT2D eigenvalue weighted by Crippen LogP contribution is -2.27. The number of aryl methyl sites for hydroxylation is 1. The van der Waals surface area contributed by atoms with Gasteiger partial charge in [-0.05, 0) is 54.8 Å². The van der Waals surface area contributed by atoms with E-state index < -0.39 is 0 Å². The van der Waals surface area contributed by atoms with Gasteiger partial charge in [0.2, 0.25) is 0 Å². The first kappa shape index (κ1) is 15.6. The molecule has 1 atom stereocenters. The van der Waals surface area contributed by atoms with Gasteiger partial charge in [-0.25, -0.2) is 0 Å². The van der Waals surface area contributed by atoms with Crippen LogP contribution in [-0.2, 0) is 6.54 Å². The van der Waals surface area contributed by atoms with Crippen molar-refractivity contribution in [2.75, 3.05) is 7.11 Å². The molecule has 126 valence electrons. The summed E-state index contributed by atoms with van der Waals surface area (Å²) in [5, 5.41) is 10.1. The molecule has 4 nitrogen and oxygen atoms in total. The van der Waals surface area contributed by atoms with Gasteiger partial charge in [-0.3, -0.25) is 0 Å². The molecule has 3 aromatic rings. The summed E-state index contributed by atoms with van der Waals surface area (Å²) >= 11 is 0. The van der Waals surface area contributed by atoms with Crippen molar-refractivity contribution < 1.29 is 9.47 Å². The molecule has 1 aliphatic rings. The first-order valence-corrected chi connectivity index (χ1v) is 8.52. The Hall–Kier alpha value is -2.93. The van der Waals surface area contributed by atoms with Crippen molar-refractivity contribution in [2.45, 2.75) is 32.4 Å². The van der Waals surface area contributed by atoms with Crippen molar-refractivity contribution in [3.63, 3.8) is 0 Å². The molecule has 0 N–H and O–H groups in total. The second kappa shape index (κ2) is 6.18. The molecule has 1 aliphatic heterocycles. The lowest BCUT2D eigenvalue weighted by atomic mass is 10.1. The topological polar surface area (TPSA) is 47.2 Å². The number of methoxy groups -OCH3 is 1. The quantitative estimate of drug-likeness (QED) is 0.696. The van der Waals surface area contributed by atoms with Gasteiger partial charge in [0.1, 0.15) is 17.6 Å². The van der Waals surface area contributed by atoms with Gasteiger partial charge in [0, 0.05) is 11.8 Å². The molecular weight excluding hydrogens is 312 g/mol. The Kier molecular flexibility index (Phi) is 3.85. The van der Waals surface area contributed by atoms with E-state index in [1.54, 1.807) is 7.11 Å². The Balaban J connectivity index is 1.87. The van der Waals surface area contributed by atoms with E-state index in [-0.39, 0.29) is 6.10 Å². The number of nitrogens with zero attached hydrogens (tertiary/aromatic N) is 2. The molecule has 1 unspecified atom stereocenters. The molecule has 0 saturated carbocycles. The third kappa shape index (κ3) is 2.53. The van der Waals surface area contributed by atoms with Gasteiger partial charge in [0.15, 0.2) is 0 Å². The zero-order valence-corrected chi connectivity index (χ0v) is 14.5. The smallest absolute Gasteiger partial charge is 0.144 e. The highest BCUT2D eigenvalue weighted by atomic mass is 16.5. The fourth-order valence-electron chi connectivity index (χ4n) is 3.74. The summed E-state index contributed by atoms with van der Waals surface area (Å²) in [6.07, 6.45) is 1.28. The van der Waals surface area contributed by atoms with E-state index >= 15 is 0 Å². The molecule has 0 spiro atoms. The van der Waals surface area contributed by atoms with E-state index in [0.29, 0.717) is 6.42 Å². The van der Waals surface area contributed by atoms with Gasteiger partial charge in [-0.2, -0.15) is 5.26 Å². The minimum Gasteiger partial charge on any atom is -0.497 e. The maximum atomic E-state index is 8.91. The van der Waals surface area contributed by atoms with Crippen molar-refractivity contribution in [1.82, 2.24) is 4.57 Å². The lowest BCUT2D eigenvalue weighted by molar-refractivity contribution is 0.163. The van der Waals surface area contributed by atoms with Gasteiger partial charge < -0.3 is 14.0 Å². The molecule has 2 aromatic carbocycles. The largest absolute Gasteiger partial charge is 0.497 e. The van der Waals surface area contributed by atoms with Crippen LogP contribution < -0.4 is 9.47 Å². The van der Waals surface area contributed by atoms with Crippen LogP contribution >= 0.6 is 0 Å². The first-order chi connectivity index (χ1) is 12.2. The maximum absolute atomic E-state index is 8.91. The van der Waals surface area contributed by atoms with E-state index in [2.05, 4.69) is 35.8 Å². The van der Waals surface area contributed by atoms with Crippen molar-refractivity contribution in [3.05, 3.63) is 48.0 Å². The fourth-order valence-corrected chi connectivity index (χ4v) is 3.74. The number of hydrogen-bond donors (Lipinski definition) is 0. The molecule has 0 fully saturated rings. The minimum atomic E-state index is 0.0292. The average molecular weight is 332 g/mol. The van der Waals surface area contributed by atoms with Gasteiger partial charge in [0.05, 0.1) is 30.9 Å². The summed E-state index contributed by atoms with van der Waals surface area (Å²) in [4.78, 5) is 0. The summed E-state index contributed by atoms with van der Waals surface area (Å²) in [5.74, 6) is 1.77. The Morgan fingerprint density at radius 2 is 2.04 bits per heavy atom. The van der Waals surface area contributed by atoms with Crippen LogP contribution in [0.3, 0.4) is 0 Å². The third-order valence-electron chi connectivity index (χ3n) is 4.92. The highest BCUT2D eigenvalue weighted by molar-refractivity contribution is 5.95. The molecular formula is C21H20N2O2. The SMILES string of the molecule is COc1ccc(-c2c(C)c3cccc4c3n2CC(CCC#N)O4)cc1. The Labute approximate surface area is 147 Å². The normalized spacial score (nSPS) is 15.6. The molecule has 0 aliphatic carbocycles. The highest BCUT2D eigenvalue weighted by Crippen LogP contribution is 2.41. The number of aromatic nitrogens is 1. The Bertz CT molecular complexity index is 964. The summed E-state index contributed by atoms with van der Waals surface area (Å²) in [6, 6.07) is 16.6. The van der Waals surface area contributed by atoms with Crippen LogP contribution in [0.2, 0.25) is 0 Å². The summed E-state index contributed by atoms with van der Waals surface area (Å²) in [7, 11) is 1.68. The molecule has 0 bridgehead atoms. The lowest BCUT2D eigenvalue weighted by Gasteiger charge is -2.27. The highest BCUT2D eigenvalue weighted by Gasteiger charge is 2.26. The number of rotatable bonds is 4. The Morgan fingerprint density at radius 3 is 2.76 bits per heavy atom. The standard InChI is InChI=1S/C21H20N2O2/c1-14-18-6-3-7-19-21(18)23(13-17(25-19)5-4-12-22)20(14)15-8-10-16(24-2)11-9-15/h3,6-11,17H,4-5,13H2,1-2H3. The predicted molar refractivity (Wildman–Crippen MR) is 97.9 cm³/mol. The third-order valence-corrected chi connectivity index (χ3v) is 4.92. The fraction of sp³-hybridized carbons (Fsp3) is 0.286. The van der Waals surface area contributed by atoms with Crippen LogP contribution in [-0.4, -0.2) is 17.8 Å². The number of ether oxygens (including phenoxy) is 2. The van der Waals surface area contributed by atoms with E-state index in [1.807, 2.05) is 24.3 Å². The molecule has 0 radical (unpaired) electrons. The van der Waals surface area contributed by atoms with Gasteiger partial charge >= 0.3 is 0 Å². The summed E-state index contributed by atoms with van der Waals surface area (Å²) < 4.78 is 13.8. The number of nitriles is 1. The second-order valence-corrected chi connectivity index (χ2v) is 6.40. The average Bonchev–Trinajstić information content (AvgIpc) is 2.94. The zero-order valence-electron chi connectivity index (χ0n) is 14.5.